The number of hydrogen-bond acceptors (Lipinski definition) is 8. The summed E-state index contributed by atoms with van der Waals surface area (Å²) >= 11 is 1.25. The number of benzene rings is 1. The Morgan fingerprint density at radius 3 is 2.76 bits per heavy atom. The van der Waals surface area contributed by atoms with Gasteiger partial charge in [-0.3, -0.25) is 14.4 Å². The van der Waals surface area contributed by atoms with Crippen LogP contribution in [0.3, 0.4) is 0 Å². The van der Waals surface area contributed by atoms with E-state index >= 15 is 0 Å². The molecule has 4 aromatic rings. The van der Waals surface area contributed by atoms with Crippen molar-refractivity contribution in [2.45, 2.75) is 39.5 Å². The first-order valence-electron chi connectivity index (χ1n) is 10.5. The van der Waals surface area contributed by atoms with Crippen molar-refractivity contribution < 1.29 is 9.59 Å². The van der Waals surface area contributed by atoms with Gasteiger partial charge in [0.1, 0.15) is 22.4 Å². The Balaban J connectivity index is 1.47. The molecule has 9 nitrogen and oxygen atoms in total. The van der Waals surface area contributed by atoms with E-state index in [2.05, 4.69) is 37.2 Å². The number of ketones is 1. The van der Waals surface area contributed by atoms with E-state index in [4.69, 9.17) is 0 Å². The van der Waals surface area contributed by atoms with Crippen molar-refractivity contribution in [1.82, 2.24) is 24.9 Å². The van der Waals surface area contributed by atoms with Crippen molar-refractivity contribution >= 4 is 39.9 Å². The Bertz CT molecular complexity index is 1410. The van der Waals surface area contributed by atoms with Gasteiger partial charge in [-0.1, -0.05) is 19.9 Å². The maximum absolute atomic E-state index is 12.9. The molecule has 0 bridgehead atoms. The van der Waals surface area contributed by atoms with E-state index in [0.717, 1.165) is 18.3 Å². The lowest BCUT2D eigenvalue weighted by atomic mass is 10.0. The molecule has 3 aromatic heterocycles. The first-order chi connectivity index (χ1) is 15.9. The van der Waals surface area contributed by atoms with Gasteiger partial charge >= 0.3 is 0 Å². The zero-order valence-corrected chi connectivity index (χ0v) is 19.2. The molecule has 3 heterocycles. The molecule has 0 fully saturated rings. The molecule has 1 amide bonds. The Labute approximate surface area is 193 Å². The van der Waals surface area contributed by atoms with E-state index in [-0.39, 0.29) is 40.9 Å². The number of H-pyrrole nitrogens is 1. The quantitative estimate of drug-likeness (QED) is 0.401. The minimum absolute atomic E-state index is 0.124. The molecule has 0 spiro atoms. The number of fused-ring (bicyclic) bond motifs is 1. The number of amides is 1. The second-order valence-corrected chi connectivity index (χ2v) is 8.77. The van der Waals surface area contributed by atoms with Gasteiger partial charge in [0.15, 0.2) is 11.4 Å². The lowest BCUT2D eigenvalue weighted by molar-refractivity contribution is 0.0971. The number of rotatable bonds is 7. The number of nitrogens with zero attached hydrogens (tertiary/aromatic N) is 4. The zero-order chi connectivity index (χ0) is 23.5. The minimum atomic E-state index is -0.405. The fourth-order valence-electron chi connectivity index (χ4n) is 3.47. The van der Waals surface area contributed by atoms with E-state index in [1.54, 1.807) is 0 Å². The monoisotopic (exact) mass is 462 g/mol. The summed E-state index contributed by atoms with van der Waals surface area (Å²) in [5.41, 5.74) is 3.30. The van der Waals surface area contributed by atoms with Crippen LogP contribution in [-0.4, -0.2) is 36.6 Å². The van der Waals surface area contributed by atoms with Gasteiger partial charge in [0.05, 0.1) is 17.4 Å². The number of aromatic amines is 1. The summed E-state index contributed by atoms with van der Waals surface area (Å²) in [6, 6.07) is 5.84. The summed E-state index contributed by atoms with van der Waals surface area (Å²) in [6.07, 6.45) is 4.85. The summed E-state index contributed by atoms with van der Waals surface area (Å²) < 4.78 is 0. The maximum Gasteiger partial charge on any atom is 0.268 e. The zero-order valence-electron chi connectivity index (χ0n) is 18.4. The molecule has 0 saturated heterocycles. The third-order valence-electron chi connectivity index (χ3n) is 5.29. The summed E-state index contributed by atoms with van der Waals surface area (Å²) in [5, 5.41) is 3.59. The highest BCUT2D eigenvalue weighted by Crippen LogP contribution is 2.27. The number of aromatic nitrogens is 5. The molecule has 1 atom stereocenters. The van der Waals surface area contributed by atoms with Crippen LogP contribution in [0.4, 0.5) is 5.69 Å². The second kappa shape index (κ2) is 9.37. The van der Waals surface area contributed by atoms with Crippen LogP contribution < -0.4 is 10.9 Å². The highest BCUT2D eigenvalue weighted by atomic mass is 32.1. The van der Waals surface area contributed by atoms with Crippen molar-refractivity contribution in [2.75, 3.05) is 5.32 Å². The molecule has 33 heavy (non-hydrogen) atoms. The molecular weight excluding hydrogens is 440 g/mol. The van der Waals surface area contributed by atoms with Crippen molar-refractivity contribution in [1.29, 1.82) is 0 Å². The molecule has 10 heteroatoms. The predicted octanol–water partition coefficient (Wildman–Crippen LogP) is 3.67. The van der Waals surface area contributed by atoms with Crippen LogP contribution >= 0.6 is 11.3 Å². The number of anilines is 1. The Hall–Kier alpha value is -3.79. The van der Waals surface area contributed by atoms with Crippen LogP contribution in [0, 0.1) is 6.92 Å². The molecule has 1 aromatic carbocycles. The topological polar surface area (TPSA) is 131 Å². The lowest BCUT2D eigenvalue weighted by Gasteiger charge is -2.08. The lowest BCUT2D eigenvalue weighted by Crippen LogP contribution is -2.12. The van der Waals surface area contributed by atoms with E-state index < -0.39 is 5.56 Å². The van der Waals surface area contributed by atoms with Crippen molar-refractivity contribution in [3.05, 3.63) is 74.0 Å². The summed E-state index contributed by atoms with van der Waals surface area (Å²) in [7, 11) is 0. The molecule has 0 saturated carbocycles. The van der Waals surface area contributed by atoms with Crippen LogP contribution in [0.15, 0.2) is 41.7 Å². The second-order valence-electron chi connectivity index (χ2n) is 7.71. The van der Waals surface area contributed by atoms with E-state index in [0.29, 0.717) is 9.88 Å². The van der Waals surface area contributed by atoms with Gasteiger partial charge in [-0.25, -0.2) is 19.9 Å². The number of thiazole rings is 1. The number of Topliss-reactive ketones (excluding diaryl/α,β-unsaturated/α-hetero) is 1. The van der Waals surface area contributed by atoms with Gasteiger partial charge in [-0.15, -0.1) is 11.3 Å². The van der Waals surface area contributed by atoms with Crippen LogP contribution in [0.2, 0.25) is 0 Å². The molecule has 2 N–H and O–H groups in total. The SMILES string of the molecule is CCc1cc(NC(=O)c2cnc([C@@H](C)CC(=O)c3ncnc4[nH]c(=O)cnc34)s2)ccc1C. The molecule has 0 aliphatic rings. The predicted molar refractivity (Wildman–Crippen MR) is 126 cm³/mol. The number of carbonyl (C=O) groups is 2. The van der Waals surface area contributed by atoms with E-state index in [1.165, 1.54) is 35.0 Å². The molecule has 0 unspecified atom stereocenters. The van der Waals surface area contributed by atoms with Crippen molar-refractivity contribution in [3.8, 4) is 0 Å². The Morgan fingerprint density at radius 2 is 1.97 bits per heavy atom. The summed E-state index contributed by atoms with van der Waals surface area (Å²) in [6.45, 7) is 5.98. The first kappa shape index (κ1) is 22.4. The van der Waals surface area contributed by atoms with Gasteiger partial charge < -0.3 is 10.3 Å². The van der Waals surface area contributed by atoms with Crippen LogP contribution in [-0.2, 0) is 6.42 Å². The normalized spacial score (nSPS) is 12.0. The van der Waals surface area contributed by atoms with Crippen molar-refractivity contribution in [3.63, 3.8) is 0 Å². The molecule has 4 rings (SSSR count). The Morgan fingerprint density at radius 1 is 1.15 bits per heavy atom. The smallest absolute Gasteiger partial charge is 0.268 e. The number of aryl methyl sites for hydroxylation is 2. The number of nitrogens with one attached hydrogen (secondary N) is 2. The Kier molecular flexibility index (Phi) is 6.36. The van der Waals surface area contributed by atoms with Gasteiger partial charge in [0.2, 0.25) is 0 Å². The number of carbonyl (C=O) groups excluding carboxylic acids is 2. The average molecular weight is 463 g/mol. The minimum Gasteiger partial charge on any atom is -0.321 e. The summed E-state index contributed by atoms with van der Waals surface area (Å²) in [5.74, 6) is -0.719. The average Bonchev–Trinajstić information content (AvgIpc) is 3.30. The third-order valence-corrected chi connectivity index (χ3v) is 6.51. The summed E-state index contributed by atoms with van der Waals surface area (Å²) in [4.78, 5) is 56.4. The van der Waals surface area contributed by atoms with Gasteiger partial charge in [-0.05, 0) is 36.6 Å². The fourth-order valence-corrected chi connectivity index (χ4v) is 4.34. The highest BCUT2D eigenvalue weighted by molar-refractivity contribution is 7.13. The molecule has 0 aliphatic carbocycles. The van der Waals surface area contributed by atoms with Gasteiger partial charge in [0.25, 0.3) is 11.5 Å². The molecule has 168 valence electrons. The van der Waals surface area contributed by atoms with Crippen molar-refractivity contribution in [2.24, 2.45) is 0 Å². The molecule has 0 aliphatic heterocycles. The highest BCUT2D eigenvalue weighted by Gasteiger charge is 2.21. The van der Waals surface area contributed by atoms with E-state index in [1.807, 2.05) is 32.0 Å². The largest absolute Gasteiger partial charge is 0.321 e. The first-order valence-corrected chi connectivity index (χ1v) is 11.3. The van der Waals surface area contributed by atoms with E-state index in [9.17, 15) is 14.4 Å². The van der Waals surface area contributed by atoms with Crippen LogP contribution in [0.25, 0.3) is 11.2 Å². The van der Waals surface area contributed by atoms with Crippen LogP contribution in [0.5, 0.6) is 0 Å². The van der Waals surface area contributed by atoms with Gasteiger partial charge in [0, 0.05) is 18.0 Å². The number of hydrogen-bond donors (Lipinski definition) is 2. The fraction of sp³-hybridized carbons (Fsp3) is 0.261. The molecular formula is C23H22N6O3S. The van der Waals surface area contributed by atoms with Crippen LogP contribution in [0.1, 0.15) is 62.5 Å². The third kappa shape index (κ3) is 4.85. The van der Waals surface area contributed by atoms with Gasteiger partial charge in [-0.2, -0.15) is 0 Å². The maximum atomic E-state index is 12.9. The molecule has 0 radical (unpaired) electrons. The standard InChI is InChI=1S/C23H22N6O3S/c1-4-14-8-15(6-5-12(14)2)28-22(32)17-9-25-23(33-17)13(3)7-16(30)19-20-21(27-11-26-19)29-18(31)10-24-20/h5-6,8-11,13H,4,7H2,1-3H3,(H,28,32)(H,26,27,29,31)/t13-/m0/s1.